The predicted octanol–water partition coefficient (Wildman–Crippen LogP) is 4.14. The molecule has 0 bridgehead atoms. The Balaban J connectivity index is 2.51. The van der Waals surface area contributed by atoms with E-state index >= 15 is 0 Å². The Bertz CT molecular complexity index is 799. The molecule has 0 N–H and O–H groups in total. The zero-order valence-corrected chi connectivity index (χ0v) is 10.7. The van der Waals surface area contributed by atoms with Crippen molar-refractivity contribution in [1.82, 2.24) is 0 Å². The number of fused-ring (bicyclic) bond motifs is 2. The molecule has 0 unspecified atom stereocenters. The fraction of sp³-hybridized carbons (Fsp3) is 0.0625. The van der Waals surface area contributed by atoms with Gasteiger partial charge in [-0.2, -0.15) is 0 Å². The molecule has 1 aromatic heterocycles. The highest BCUT2D eigenvalue weighted by molar-refractivity contribution is 7.24. The molecule has 0 saturated heterocycles. The van der Waals surface area contributed by atoms with Crippen LogP contribution in [0.2, 0.25) is 0 Å². The van der Waals surface area contributed by atoms with E-state index in [0.29, 0.717) is 0 Å². The number of rotatable bonds is 2. The van der Waals surface area contributed by atoms with Crippen LogP contribution in [0.3, 0.4) is 0 Å². The Morgan fingerprint density at radius 3 is 2.67 bits per heavy atom. The highest BCUT2D eigenvalue weighted by atomic mass is 32.1. The first kappa shape index (κ1) is 11.2. The highest BCUT2D eigenvalue weighted by Gasteiger charge is 2.07. The fourth-order valence-corrected chi connectivity index (χ4v) is 3.39. The van der Waals surface area contributed by atoms with E-state index in [4.69, 9.17) is 0 Å². The van der Waals surface area contributed by atoms with Gasteiger partial charge < -0.3 is 0 Å². The van der Waals surface area contributed by atoms with E-state index < -0.39 is 0 Å². The van der Waals surface area contributed by atoms with E-state index in [1.165, 1.54) is 5.56 Å². The van der Waals surface area contributed by atoms with E-state index in [1.54, 1.807) is 11.3 Å². The summed E-state index contributed by atoms with van der Waals surface area (Å²) in [4.78, 5) is 12.4. The summed E-state index contributed by atoms with van der Waals surface area (Å²) in [6, 6.07) is 13.7. The number of allylic oxidation sites excluding steroid dienone is 1. The van der Waals surface area contributed by atoms with Gasteiger partial charge in [0.25, 0.3) is 0 Å². The third-order valence-electron chi connectivity index (χ3n) is 3.05. The lowest BCUT2D eigenvalue weighted by molar-refractivity contribution is 1.32. The molecule has 1 heterocycles. The molecular formula is C16H12OS. The van der Waals surface area contributed by atoms with Gasteiger partial charge in [0.1, 0.15) is 0 Å². The molecule has 0 aliphatic heterocycles. The summed E-state index contributed by atoms with van der Waals surface area (Å²) in [5, 5.41) is 1.63. The molecule has 1 nitrogen and oxygen atoms in total. The third kappa shape index (κ3) is 1.66. The van der Waals surface area contributed by atoms with Crippen LogP contribution in [-0.4, -0.2) is 0 Å². The summed E-state index contributed by atoms with van der Waals surface area (Å²) >= 11 is 1.68. The van der Waals surface area contributed by atoms with Crippen LogP contribution < -0.4 is 5.43 Å². The summed E-state index contributed by atoms with van der Waals surface area (Å²) in [6.45, 7) is 3.77. The van der Waals surface area contributed by atoms with E-state index in [9.17, 15) is 4.79 Å². The molecule has 0 saturated carbocycles. The molecule has 0 aliphatic rings. The fourth-order valence-electron chi connectivity index (χ4n) is 2.20. The van der Waals surface area contributed by atoms with Crippen molar-refractivity contribution in [1.29, 1.82) is 0 Å². The standard InChI is InChI=1S/C16H12OS/c1-2-6-11-7-5-9-13-15(17)12-8-3-4-10-14(12)18-16(11)13/h2-5,7-10H,1,6H2. The van der Waals surface area contributed by atoms with Crippen molar-refractivity contribution in [3.63, 3.8) is 0 Å². The van der Waals surface area contributed by atoms with Crippen molar-refractivity contribution in [2.75, 3.05) is 0 Å². The summed E-state index contributed by atoms with van der Waals surface area (Å²) in [7, 11) is 0. The van der Waals surface area contributed by atoms with Gasteiger partial charge in [-0.3, -0.25) is 4.79 Å². The Morgan fingerprint density at radius 1 is 1.06 bits per heavy atom. The molecule has 3 aromatic rings. The second-order valence-corrected chi connectivity index (χ2v) is 5.27. The summed E-state index contributed by atoms with van der Waals surface area (Å²) in [5.41, 5.74) is 1.31. The average molecular weight is 252 g/mol. The summed E-state index contributed by atoms with van der Waals surface area (Å²) in [5.74, 6) is 0. The van der Waals surface area contributed by atoms with Crippen LogP contribution in [-0.2, 0) is 6.42 Å². The van der Waals surface area contributed by atoms with Crippen LogP contribution in [0, 0.1) is 0 Å². The second-order valence-electron chi connectivity index (χ2n) is 4.21. The summed E-state index contributed by atoms with van der Waals surface area (Å²) < 4.78 is 2.13. The third-order valence-corrected chi connectivity index (χ3v) is 4.31. The Morgan fingerprint density at radius 2 is 1.83 bits per heavy atom. The Labute approximate surface area is 109 Å². The van der Waals surface area contributed by atoms with Crippen molar-refractivity contribution < 1.29 is 0 Å². The van der Waals surface area contributed by atoms with Crippen molar-refractivity contribution in [2.24, 2.45) is 0 Å². The maximum Gasteiger partial charge on any atom is 0.195 e. The Hall–Kier alpha value is -1.93. The Kier molecular flexibility index (Phi) is 2.73. The number of hydrogen-bond donors (Lipinski definition) is 0. The number of benzene rings is 2. The molecule has 0 spiro atoms. The zero-order chi connectivity index (χ0) is 12.5. The smallest absolute Gasteiger partial charge is 0.195 e. The van der Waals surface area contributed by atoms with E-state index in [-0.39, 0.29) is 5.43 Å². The maximum atomic E-state index is 12.4. The van der Waals surface area contributed by atoms with Crippen LogP contribution >= 0.6 is 11.3 Å². The van der Waals surface area contributed by atoms with Gasteiger partial charge in [0.15, 0.2) is 5.43 Å². The minimum atomic E-state index is 0.130. The molecule has 88 valence electrons. The van der Waals surface area contributed by atoms with Crippen LogP contribution in [0.4, 0.5) is 0 Å². The number of hydrogen-bond acceptors (Lipinski definition) is 2. The van der Waals surface area contributed by atoms with Gasteiger partial charge in [0.2, 0.25) is 0 Å². The van der Waals surface area contributed by atoms with Gasteiger partial charge in [0.05, 0.1) is 0 Å². The molecule has 0 fully saturated rings. The largest absolute Gasteiger partial charge is 0.289 e. The monoisotopic (exact) mass is 252 g/mol. The first-order valence-corrected chi connectivity index (χ1v) is 6.67. The molecular weight excluding hydrogens is 240 g/mol. The minimum Gasteiger partial charge on any atom is -0.289 e. The zero-order valence-electron chi connectivity index (χ0n) is 9.85. The predicted molar refractivity (Wildman–Crippen MR) is 79.5 cm³/mol. The lowest BCUT2D eigenvalue weighted by Gasteiger charge is -2.05. The van der Waals surface area contributed by atoms with Gasteiger partial charge in [-0.25, -0.2) is 0 Å². The van der Waals surface area contributed by atoms with Crippen LogP contribution in [0.15, 0.2) is 59.9 Å². The molecule has 0 amide bonds. The first-order chi connectivity index (χ1) is 8.81. The van der Waals surface area contributed by atoms with Gasteiger partial charge in [-0.05, 0) is 30.2 Å². The van der Waals surface area contributed by atoms with Crippen LogP contribution in [0.25, 0.3) is 20.2 Å². The highest BCUT2D eigenvalue weighted by Crippen LogP contribution is 2.27. The van der Waals surface area contributed by atoms with Crippen molar-refractivity contribution in [3.8, 4) is 0 Å². The summed E-state index contributed by atoms with van der Waals surface area (Å²) in [6.07, 6.45) is 2.67. The topological polar surface area (TPSA) is 17.1 Å². The molecule has 2 aromatic carbocycles. The minimum absolute atomic E-state index is 0.130. The van der Waals surface area contributed by atoms with E-state index in [1.807, 2.05) is 42.5 Å². The van der Waals surface area contributed by atoms with Crippen molar-refractivity contribution in [2.45, 2.75) is 6.42 Å². The SMILES string of the molecule is C=CCc1cccc2c(=O)c3ccccc3sc12. The van der Waals surface area contributed by atoms with Crippen molar-refractivity contribution in [3.05, 3.63) is 70.9 Å². The molecule has 0 aliphatic carbocycles. The van der Waals surface area contributed by atoms with Gasteiger partial charge in [-0.1, -0.05) is 30.3 Å². The van der Waals surface area contributed by atoms with E-state index in [0.717, 1.165) is 26.6 Å². The molecule has 18 heavy (non-hydrogen) atoms. The van der Waals surface area contributed by atoms with Gasteiger partial charge in [0, 0.05) is 20.2 Å². The van der Waals surface area contributed by atoms with E-state index in [2.05, 4.69) is 12.6 Å². The van der Waals surface area contributed by atoms with Crippen LogP contribution in [0.1, 0.15) is 5.56 Å². The molecule has 0 atom stereocenters. The van der Waals surface area contributed by atoms with Crippen molar-refractivity contribution >= 4 is 31.5 Å². The molecule has 2 heteroatoms. The van der Waals surface area contributed by atoms with Gasteiger partial charge >= 0.3 is 0 Å². The second kappa shape index (κ2) is 4.39. The lowest BCUT2D eigenvalue weighted by atomic mass is 10.1. The molecule has 3 rings (SSSR count). The molecule has 0 radical (unpaired) electrons. The maximum absolute atomic E-state index is 12.4. The van der Waals surface area contributed by atoms with Gasteiger partial charge in [-0.15, -0.1) is 17.9 Å². The lowest BCUT2D eigenvalue weighted by Crippen LogP contribution is -2.01. The quantitative estimate of drug-likeness (QED) is 0.495. The first-order valence-electron chi connectivity index (χ1n) is 5.85. The average Bonchev–Trinajstić information content (AvgIpc) is 2.40. The van der Waals surface area contributed by atoms with Crippen LogP contribution in [0.5, 0.6) is 0 Å². The normalized spacial score (nSPS) is 10.9.